The van der Waals surface area contributed by atoms with E-state index < -0.39 is 0 Å². The molecule has 3 atom stereocenters. The molecule has 2 N–H and O–H groups in total. The van der Waals surface area contributed by atoms with Crippen molar-refractivity contribution in [2.45, 2.75) is 25.8 Å². The third-order valence-corrected chi connectivity index (χ3v) is 5.31. The molecule has 2 aromatic rings. The van der Waals surface area contributed by atoms with Gasteiger partial charge in [-0.2, -0.15) is 0 Å². The lowest BCUT2D eigenvalue weighted by Gasteiger charge is -2.15. The van der Waals surface area contributed by atoms with Gasteiger partial charge in [-0.05, 0) is 23.8 Å². The molecule has 1 aromatic carbocycles. The molecule has 0 saturated heterocycles. The van der Waals surface area contributed by atoms with Gasteiger partial charge in [-0.3, -0.25) is 0 Å². The second kappa shape index (κ2) is 6.16. The Morgan fingerprint density at radius 1 is 1.38 bits per heavy atom. The molecular weight excluding hydrogens is 278 g/mol. The topological polar surface area (TPSA) is 42.2 Å². The average Bonchev–Trinajstić information content (AvgIpc) is 3.00. The fourth-order valence-corrected chi connectivity index (χ4v) is 3.51. The first kappa shape index (κ1) is 14.5. The Labute approximate surface area is 130 Å². The average molecular weight is 301 g/mol. The molecule has 1 aliphatic carbocycles. The molecule has 3 nitrogen and oxygen atoms in total. The predicted octanol–water partition coefficient (Wildman–Crippen LogP) is 3.48. The van der Waals surface area contributed by atoms with Crippen LogP contribution >= 0.6 is 11.3 Å². The molecule has 1 saturated carbocycles. The second-order valence-electron chi connectivity index (χ2n) is 6.20. The number of anilines is 1. The lowest BCUT2D eigenvalue weighted by atomic mass is 10.0. The molecule has 4 heteroatoms. The normalized spacial score (nSPS) is 22.0. The van der Waals surface area contributed by atoms with Crippen molar-refractivity contribution in [3.8, 4) is 0 Å². The van der Waals surface area contributed by atoms with Crippen LogP contribution in [0.15, 0.2) is 35.7 Å². The highest BCUT2D eigenvalue weighted by Crippen LogP contribution is 2.39. The minimum atomic E-state index is 0.0231. The summed E-state index contributed by atoms with van der Waals surface area (Å²) in [4.78, 5) is 7.03. The summed E-state index contributed by atoms with van der Waals surface area (Å²) in [6.07, 6.45) is 2.16. The van der Waals surface area contributed by atoms with Gasteiger partial charge in [0, 0.05) is 31.4 Å². The molecule has 3 unspecified atom stereocenters. The first-order valence-electron chi connectivity index (χ1n) is 7.59. The van der Waals surface area contributed by atoms with Crippen LogP contribution in [0.3, 0.4) is 0 Å². The molecule has 0 spiro atoms. The van der Waals surface area contributed by atoms with Gasteiger partial charge in [-0.15, -0.1) is 11.3 Å². The molecule has 1 aromatic heterocycles. The van der Waals surface area contributed by atoms with Crippen LogP contribution in [0.5, 0.6) is 0 Å². The smallest absolute Gasteiger partial charge is 0.185 e. The third kappa shape index (κ3) is 3.63. The molecule has 1 aliphatic rings. The highest BCUT2D eigenvalue weighted by molar-refractivity contribution is 7.13. The quantitative estimate of drug-likeness (QED) is 0.888. The summed E-state index contributed by atoms with van der Waals surface area (Å²) in [5, 5.41) is 3.26. The van der Waals surface area contributed by atoms with Gasteiger partial charge in [-0.25, -0.2) is 4.98 Å². The number of hydrogen-bond acceptors (Lipinski definition) is 4. The van der Waals surface area contributed by atoms with Crippen LogP contribution in [0.25, 0.3) is 0 Å². The first-order valence-corrected chi connectivity index (χ1v) is 8.47. The van der Waals surface area contributed by atoms with Gasteiger partial charge in [0.05, 0.1) is 5.69 Å². The fraction of sp³-hybridized carbons (Fsp3) is 0.471. The van der Waals surface area contributed by atoms with Crippen LogP contribution in [0.1, 0.15) is 30.6 Å². The van der Waals surface area contributed by atoms with Crippen LogP contribution in [0.4, 0.5) is 5.13 Å². The van der Waals surface area contributed by atoms with Crippen LogP contribution in [-0.4, -0.2) is 18.6 Å². The standard InChI is InChI=1S/C17H23N3S/c1-12-8-14(12)10-20(2)17-19-15(11-21-17)9-16(18)13-6-4-3-5-7-13/h3-7,11-12,14,16H,8-10,18H2,1-2H3. The Balaban J connectivity index is 1.59. The number of nitrogens with two attached hydrogens (primary N) is 1. The summed E-state index contributed by atoms with van der Waals surface area (Å²) in [5.41, 5.74) is 8.54. The zero-order valence-corrected chi connectivity index (χ0v) is 13.5. The van der Waals surface area contributed by atoms with E-state index in [0.29, 0.717) is 0 Å². The van der Waals surface area contributed by atoms with Crippen molar-refractivity contribution in [3.63, 3.8) is 0 Å². The summed E-state index contributed by atoms with van der Waals surface area (Å²) < 4.78 is 0. The SMILES string of the molecule is CC1CC1CN(C)c1nc(CC(N)c2ccccc2)cs1. The Morgan fingerprint density at radius 3 is 2.76 bits per heavy atom. The zero-order chi connectivity index (χ0) is 14.8. The molecule has 0 amide bonds. The van der Waals surface area contributed by atoms with Crippen LogP contribution in [-0.2, 0) is 6.42 Å². The lowest BCUT2D eigenvalue weighted by Crippen LogP contribution is -2.20. The summed E-state index contributed by atoms with van der Waals surface area (Å²) >= 11 is 1.73. The molecule has 1 fully saturated rings. The molecule has 0 aliphatic heterocycles. The second-order valence-corrected chi connectivity index (χ2v) is 7.03. The first-order chi connectivity index (χ1) is 10.1. The van der Waals surface area contributed by atoms with E-state index in [0.717, 1.165) is 35.6 Å². The molecule has 1 heterocycles. The molecule has 21 heavy (non-hydrogen) atoms. The molecule has 3 rings (SSSR count). The zero-order valence-electron chi connectivity index (χ0n) is 12.7. The maximum absolute atomic E-state index is 6.27. The highest BCUT2D eigenvalue weighted by Gasteiger charge is 2.33. The maximum atomic E-state index is 6.27. The van der Waals surface area contributed by atoms with E-state index in [1.54, 1.807) is 11.3 Å². The van der Waals surface area contributed by atoms with Crippen molar-refractivity contribution in [2.75, 3.05) is 18.5 Å². The van der Waals surface area contributed by atoms with Crippen molar-refractivity contribution < 1.29 is 0 Å². The number of thiazole rings is 1. The number of benzene rings is 1. The number of aromatic nitrogens is 1. The number of nitrogens with zero attached hydrogens (tertiary/aromatic N) is 2. The van der Waals surface area contributed by atoms with Crippen molar-refractivity contribution in [1.29, 1.82) is 0 Å². The predicted molar refractivity (Wildman–Crippen MR) is 89.7 cm³/mol. The third-order valence-electron chi connectivity index (χ3n) is 4.31. The van der Waals surface area contributed by atoms with Crippen molar-refractivity contribution in [3.05, 3.63) is 47.0 Å². The Hall–Kier alpha value is -1.39. The van der Waals surface area contributed by atoms with E-state index in [1.165, 1.54) is 12.0 Å². The number of rotatable bonds is 6. The van der Waals surface area contributed by atoms with Crippen molar-refractivity contribution in [2.24, 2.45) is 17.6 Å². The van der Waals surface area contributed by atoms with E-state index in [9.17, 15) is 0 Å². The van der Waals surface area contributed by atoms with E-state index in [-0.39, 0.29) is 6.04 Å². The molecule has 0 radical (unpaired) electrons. The van der Waals surface area contributed by atoms with E-state index >= 15 is 0 Å². The summed E-state index contributed by atoms with van der Waals surface area (Å²) in [6, 6.07) is 10.3. The Morgan fingerprint density at radius 2 is 2.10 bits per heavy atom. The Bertz CT molecular complexity index is 581. The minimum absolute atomic E-state index is 0.0231. The Kier molecular flexibility index (Phi) is 4.27. The largest absolute Gasteiger partial charge is 0.351 e. The van der Waals surface area contributed by atoms with Crippen LogP contribution < -0.4 is 10.6 Å². The van der Waals surface area contributed by atoms with Gasteiger partial charge in [0.2, 0.25) is 0 Å². The van der Waals surface area contributed by atoms with Crippen LogP contribution in [0.2, 0.25) is 0 Å². The van der Waals surface area contributed by atoms with Gasteiger partial charge in [-0.1, -0.05) is 37.3 Å². The molecule has 0 bridgehead atoms. The van der Waals surface area contributed by atoms with E-state index in [2.05, 4.69) is 36.4 Å². The molecule has 112 valence electrons. The lowest BCUT2D eigenvalue weighted by molar-refractivity contribution is 0.702. The summed E-state index contributed by atoms with van der Waals surface area (Å²) in [5.74, 6) is 1.74. The van der Waals surface area contributed by atoms with Gasteiger partial charge < -0.3 is 10.6 Å². The minimum Gasteiger partial charge on any atom is -0.351 e. The van der Waals surface area contributed by atoms with Gasteiger partial charge in [0.25, 0.3) is 0 Å². The van der Waals surface area contributed by atoms with E-state index in [4.69, 9.17) is 10.7 Å². The highest BCUT2D eigenvalue weighted by atomic mass is 32.1. The summed E-state index contributed by atoms with van der Waals surface area (Å²) in [7, 11) is 2.14. The van der Waals surface area contributed by atoms with Gasteiger partial charge in [0.1, 0.15) is 0 Å². The fourth-order valence-electron chi connectivity index (χ4n) is 2.69. The maximum Gasteiger partial charge on any atom is 0.185 e. The monoisotopic (exact) mass is 301 g/mol. The van der Waals surface area contributed by atoms with E-state index in [1.807, 2.05) is 18.2 Å². The van der Waals surface area contributed by atoms with Crippen molar-refractivity contribution in [1.82, 2.24) is 4.98 Å². The summed E-state index contributed by atoms with van der Waals surface area (Å²) in [6.45, 7) is 3.45. The number of hydrogen-bond donors (Lipinski definition) is 1. The molecular formula is C17H23N3S. The van der Waals surface area contributed by atoms with Crippen molar-refractivity contribution >= 4 is 16.5 Å². The van der Waals surface area contributed by atoms with Crippen LogP contribution in [0, 0.1) is 11.8 Å². The van der Waals surface area contributed by atoms with Gasteiger partial charge >= 0.3 is 0 Å². The van der Waals surface area contributed by atoms with Gasteiger partial charge in [0.15, 0.2) is 5.13 Å².